The Morgan fingerprint density at radius 2 is 1.81 bits per heavy atom. The zero-order valence-corrected chi connectivity index (χ0v) is 20.0. The summed E-state index contributed by atoms with van der Waals surface area (Å²) in [6, 6.07) is 16.1. The highest BCUT2D eigenvalue weighted by Crippen LogP contribution is 2.33. The number of rotatable bonds is 5. The van der Waals surface area contributed by atoms with Gasteiger partial charge in [-0.15, -0.1) is 0 Å². The second-order valence-corrected chi connectivity index (χ2v) is 9.93. The van der Waals surface area contributed by atoms with Gasteiger partial charge >= 0.3 is 0 Å². The lowest BCUT2D eigenvalue weighted by atomic mass is 10.2. The van der Waals surface area contributed by atoms with Crippen LogP contribution in [0.1, 0.15) is 5.56 Å². The fourth-order valence-electron chi connectivity index (χ4n) is 3.66. The number of thiocarbonyl (C=S) groups is 1. The summed E-state index contributed by atoms with van der Waals surface area (Å²) < 4.78 is 0.624. The third kappa shape index (κ3) is 5.23. The van der Waals surface area contributed by atoms with Crippen LogP contribution >= 0.6 is 35.6 Å². The average Bonchev–Trinajstić information content (AvgIpc) is 3.02. The molecule has 0 spiro atoms. The first-order valence-corrected chi connectivity index (χ1v) is 11.8. The lowest BCUT2D eigenvalue weighted by Crippen LogP contribution is -2.50. The fourth-order valence-corrected chi connectivity index (χ4v) is 5.09. The van der Waals surface area contributed by atoms with Gasteiger partial charge in [0.25, 0.3) is 5.91 Å². The van der Waals surface area contributed by atoms with Gasteiger partial charge in [-0.05, 0) is 42.0 Å². The van der Waals surface area contributed by atoms with E-state index in [-0.39, 0.29) is 5.91 Å². The molecule has 8 heteroatoms. The molecule has 0 atom stereocenters. The number of hydrogen-bond acceptors (Lipinski definition) is 6. The fraction of sp³-hybridized carbons (Fsp3) is 0.304. The van der Waals surface area contributed by atoms with Gasteiger partial charge in [0, 0.05) is 56.7 Å². The predicted molar refractivity (Wildman–Crippen MR) is 136 cm³/mol. The van der Waals surface area contributed by atoms with Crippen LogP contribution in [0, 0.1) is 0 Å². The molecule has 2 aliphatic rings. The van der Waals surface area contributed by atoms with Gasteiger partial charge in [0.1, 0.15) is 4.32 Å². The summed E-state index contributed by atoms with van der Waals surface area (Å²) in [6.07, 6.45) is 1.93. The number of amides is 1. The van der Waals surface area contributed by atoms with E-state index in [0.29, 0.717) is 15.9 Å². The largest absolute Gasteiger partial charge is 0.378 e. The highest BCUT2D eigenvalue weighted by atomic mass is 35.5. The molecular formula is C23H25ClN4OS2. The normalized spacial score (nSPS) is 18.9. The molecule has 0 radical (unpaired) electrons. The van der Waals surface area contributed by atoms with Crippen LogP contribution in [0.5, 0.6) is 0 Å². The van der Waals surface area contributed by atoms with E-state index in [1.54, 1.807) is 4.90 Å². The van der Waals surface area contributed by atoms with Gasteiger partial charge < -0.3 is 9.80 Å². The maximum atomic E-state index is 13.0. The van der Waals surface area contributed by atoms with Crippen LogP contribution in [0.25, 0.3) is 6.08 Å². The first-order chi connectivity index (χ1) is 14.9. The maximum absolute atomic E-state index is 13.0. The van der Waals surface area contributed by atoms with Crippen LogP contribution in [0.2, 0.25) is 5.02 Å². The van der Waals surface area contributed by atoms with Crippen LogP contribution in [0.15, 0.2) is 53.4 Å². The minimum absolute atomic E-state index is 0.0102. The van der Waals surface area contributed by atoms with E-state index in [1.807, 2.05) is 62.6 Å². The number of anilines is 2. The van der Waals surface area contributed by atoms with E-state index in [9.17, 15) is 4.79 Å². The van der Waals surface area contributed by atoms with E-state index < -0.39 is 0 Å². The Hall–Kier alpha value is -2.06. The van der Waals surface area contributed by atoms with E-state index >= 15 is 0 Å². The van der Waals surface area contributed by atoms with Crippen LogP contribution in [-0.2, 0) is 4.79 Å². The summed E-state index contributed by atoms with van der Waals surface area (Å²) in [4.78, 5) is 22.0. The second kappa shape index (κ2) is 9.61. The Labute approximate surface area is 198 Å². The highest BCUT2D eigenvalue weighted by molar-refractivity contribution is 8.26. The van der Waals surface area contributed by atoms with Crippen molar-refractivity contribution in [3.05, 3.63) is 64.0 Å². The van der Waals surface area contributed by atoms with Gasteiger partial charge in [0.2, 0.25) is 0 Å². The van der Waals surface area contributed by atoms with Crippen molar-refractivity contribution < 1.29 is 4.79 Å². The molecule has 2 aliphatic heterocycles. The van der Waals surface area contributed by atoms with Crippen molar-refractivity contribution in [1.29, 1.82) is 0 Å². The van der Waals surface area contributed by atoms with Crippen molar-refractivity contribution in [2.45, 2.75) is 0 Å². The Kier molecular flexibility index (Phi) is 6.86. The zero-order chi connectivity index (χ0) is 22.0. The number of benzene rings is 2. The minimum Gasteiger partial charge on any atom is -0.378 e. The lowest BCUT2D eigenvalue weighted by Gasteiger charge is -2.37. The van der Waals surface area contributed by atoms with Crippen LogP contribution in [0.4, 0.5) is 11.4 Å². The van der Waals surface area contributed by atoms with E-state index in [4.69, 9.17) is 23.8 Å². The maximum Gasteiger partial charge on any atom is 0.267 e. The standard InChI is InChI=1S/C23H25ClN4OS2/c1-25(2)19-8-6-17(7-9-19)14-21-22(29)28(23(30)31-21)16-26-10-12-27(13-11-26)20-5-3-4-18(24)15-20/h3-9,14-15H,10-13,16H2,1-2H3. The Balaban J connectivity index is 1.36. The highest BCUT2D eigenvalue weighted by Gasteiger charge is 2.33. The Morgan fingerprint density at radius 3 is 2.45 bits per heavy atom. The van der Waals surface area contributed by atoms with Gasteiger partial charge in [-0.2, -0.15) is 0 Å². The first kappa shape index (κ1) is 22.1. The quantitative estimate of drug-likeness (QED) is 0.474. The molecule has 2 heterocycles. The van der Waals surface area contributed by atoms with Gasteiger partial charge in [0.15, 0.2) is 0 Å². The number of carbonyl (C=O) groups is 1. The average molecular weight is 473 g/mol. The molecule has 162 valence electrons. The van der Waals surface area contributed by atoms with Crippen molar-refractivity contribution in [2.75, 3.05) is 56.7 Å². The van der Waals surface area contributed by atoms with Gasteiger partial charge in [-0.3, -0.25) is 14.6 Å². The van der Waals surface area contributed by atoms with Crippen LogP contribution in [-0.4, -0.2) is 67.0 Å². The van der Waals surface area contributed by atoms with Gasteiger partial charge in [0.05, 0.1) is 11.6 Å². The van der Waals surface area contributed by atoms with Gasteiger partial charge in [-0.25, -0.2) is 0 Å². The molecule has 2 aromatic carbocycles. The molecule has 2 saturated heterocycles. The van der Waals surface area contributed by atoms with Crippen molar-refractivity contribution in [2.24, 2.45) is 0 Å². The molecule has 0 N–H and O–H groups in total. The predicted octanol–water partition coefficient (Wildman–Crippen LogP) is 4.39. The summed E-state index contributed by atoms with van der Waals surface area (Å²) in [5, 5.41) is 0.751. The number of thioether (sulfide) groups is 1. The van der Waals surface area contributed by atoms with Crippen molar-refractivity contribution in [3.63, 3.8) is 0 Å². The summed E-state index contributed by atoms with van der Waals surface area (Å²) in [7, 11) is 4.02. The minimum atomic E-state index is -0.0102. The first-order valence-electron chi connectivity index (χ1n) is 10.2. The van der Waals surface area contributed by atoms with Crippen molar-refractivity contribution in [1.82, 2.24) is 9.80 Å². The van der Waals surface area contributed by atoms with Crippen molar-refractivity contribution in [3.8, 4) is 0 Å². The number of hydrogen-bond donors (Lipinski definition) is 0. The number of piperazine rings is 1. The zero-order valence-electron chi connectivity index (χ0n) is 17.6. The lowest BCUT2D eigenvalue weighted by molar-refractivity contribution is -0.123. The van der Waals surface area contributed by atoms with E-state index in [2.05, 4.69) is 20.8 Å². The van der Waals surface area contributed by atoms with Crippen molar-refractivity contribution >= 4 is 63.3 Å². The third-order valence-electron chi connectivity index (χ3n) is 5.47. The summed E-state index contributed by atoms with van der Waals surface area (Å²) in [5.41, 5.74) is 3.27. The van der Waals surface area contributed by atoms with Gasteiger partial charge in [-0.1, -0.05) is 53.8 Å². The molecule has 0 saturated carbocycles. The number of nitrogens with zero attached hydrogens (tertiary/aromatic N) is 4. The molecule has 0 aliphatic carbocycles. The monoisotopic (exact) mass is 472 g/mol. The smallest absolute Gasteiger partial charge is 0.267 e. The molecule has 4 rings (SSSR count). The molecule has 2 fully saturated rings. The summed E-state index contributed by atoms with van der Waals surface area (Å²) >= 11 is 13.0. The molecule has 0 unspecified atom stereocenters. The molecule has 31 heavy (non-hydrogen) atoms. The van der Waals surface area contributed by atoms with E-state index in [1.165, 1.54) is 11.8 Å². The molecule has 5 nitrogen and oxygen atoms in total. The second-order valence-electron chi connectivity index (χ2n) is 7.82. The number of carbonyl (C=O) groups excluding carboxylic acids is 1. The number of halogens is 1. The molecule has 2 aromatic rings. The molecule has 0 aromatic heterocycles. The topological polar surface area (TPSA) is 30.0 Å². The molecule has 0 bridgehead atoms. The molecule has 1 amide bonds. The van der Waals surface area contributed by atoms with E-state index in [0.717, 1.165) is 48.1 Å². The third-order valence-corrected chi connectivity index (χ3v) is 7.08. The SMILES string of the molecule is CN(C)c1ccc(C=C2SC(=S)N(CN3CCN(c4cccc(Cl)c4)CC3)C2=O)cc1. The Morgan fingerprint density at radius 1 is 1.10 bits per heavy atom. The van der Waals surface area contributed by atoms with Crippen LogP contribution in [0.3, 0.4) is 0 Å². The summed E-state index contributed by atoms with van der Waals surface area (Å²) in [5.74, 6) is -0.0102. The summed E-state index contributed by atoms with van der Waals surface area (Å²) in [6.45, 7) is 4.06. The molecular weight excluding hydrogens is 448 g/mol. The Bertz CT molecular complexity index is 1000. The van der Waals surface area contributed by atoms with Crippen LogP contribution < -0.4 is 9.80 Å².